The maximum Gasteiger partial charge on any atom is 0.0487 e. The molecule has 0 heterocycles. The molecule has 0 amide bonds. The fraction of sp³-hybridized carbons (Fsp3) is 0.211. The number of hydrogen-bond acceptors (Lipinski definition) is 0. The molecule has 0 radical (unpaired) electrons. The fourth-order valence-electron chi connectivity index (χ4n) is 2.00. The Kier molecular flexibility index (Phi) is 4.78. The summed E-state index contributed by atoms with van der Waals surface area (Å²) in [4.78, 5) is 0. The minimum absolute atomic E-state index is 1.06. The highest BCUT2D eigenvalue weighted by molar-refractivity contribution is 6.76. The van der Waals surface area contributed by atoms with Crippen LogP contribution in [0.4, 0.5) is 0 Å². The topological polar surface area (TPSA) is 0 Å². The minimum atomic E-state index is -1.06. The Bertz CT molecular complexity index is 556. The molecule has 0 aliphatic rings. The van der Waals surface area contributed by atoms with Gasteiger partial charge in [0.2, 0.25) is 0 Å². The molecule has 0 saturated heterocycles. The third-order valence-electron chi connectivity index (χ3n) is 3.09. The van der Waals surface area contributed by atoms with Gasteiger partial charge in [-0.25, -0.2) is 0 Å². The average molecular weight is 278 g/mol. The molecule has 0 fully saturated rings. The van der Waals surface area contributed by atoms with Crippen LogP contribution in [0.15, 0.2) is 72.5 Å². The Balaban J connectivity index is 2.43. The highest BCUT2D eigenvalue weighted by atomic mass is 28.3. The molecule has 0 bridgehead atoms. The summed E-state index contributed by atoms with van der Waals surface area (Å²) in [6.45, 7) is 7.15. The van der Waals surface area contributed by atoms with Crippen molar-refractivity contribution in [2.24, 2.45) is 0 Å². The van der Waals surface area contributed by atoms with Crippen LogP contribution in [0.5, 0.6) is 0 Å². The predicted molar refractivity (Wildman–Crippen MR) is 91.6 cm³/mol. The molecule has 102 valence electrons. The normalized spacial score (nSPS) is 10.8. The van der Waals surface area contributed by atoms with E-state index in [0.717, 1.165) is 6.04 Å². The van der Waals surface area contributed by atoms with E-state index in [1.807, 2.05) is 0 Å². The van der Waals surface area contributed by atoms with E-state index in [1.165, 1.54) is 16.7 Å². The first-order valence-electron chi connectivity index (χ1n) is 7.12. The summed E-state index contributed by atoms with van der Waals surface area (Å²) in [7, 11) is -1.06. The zero-order chi connectivity index (χ0) is 14.4. The lowest BCUT2D eigenvalue weighted by Crippen LogP contribution is -2.17. The van der Waals surface area contributed by atoms with Gasteiger partial charge in [0.05, 0.1) is 0 Å². The highest BCUT2D eigenvalue weighted by Crippen LogP contribution is 2.22. The number of rotatable bonds is 4. The van der Waals surface area contributed by atoms with E-state index < -0.39 is 8.07 Å². The van der Waals surface area contributed by atoms with E-state index in [0.29, 0.717) is 0 Å². The molecule has 0 atom stereocenters. The van der Waals surface area contributed by atoms with Gasteiger partial charge in [0.15, 0.2) is 0 Å². The summed E-state index contributed by atoms with van der Waals surface area (Å²) in [5.41, 5.74) is 7.17. The molecule has 0 spiro atoms. The lowest BCUT2D eigenvalue weighted by atomic mass is 9.99. The highest BCUT2D eigenvalue weighted by Gasteiger charge is 2.09. The predicted octanol–water partition coefficient (Wildman–Crippen LogP) is 5.61. The van der Waals surface area contributed by atoms with E-state index in [1.54, 1.807) is 0 Å². The molecule has 0 saturated carbocycles. The van der Waals surface area contributed by atoms with Gasteiger partial charge in [-0.15, -0.1) is 5.73 Å². The summed E-state index contributed by atoms with van der Waals surface area (Å²) < 4.78 is 0. The van der Waals surface area contributed by atoms with Crippen molar-refractivity contribution in [2.75, 3.05) is 0 Å². The first-order chi connectivity index (χ1) is 9.56. The molecular weight excluding hydrogens is 256 g/mol. The van der Waals surface area contributed by atoms with Crippen molar-refractivity contribution in [3.05, 3.63) is 83.6 Å². The van der Waals surface area contributed by atoms with Gasteiger partial charge < -0.3 is 0 Å². The van der Waals surface area contributed by atoms with Gasteiger partial charge in [-0.05, 0) is 23.2 Å². The third kappa shape index (κ3) is 4.38. The van der Waals surface area contributed by atoms with Crippen LogP contribution >= 0.6 is 0 Å². The molecule has 2 aromatic carbocycles. The molecule has 20 heavy (non-hydrogen) atoms. The van der Waals surface area contributed by atoms with Crippen LogP contribution in [-0.4, -0.2) is 8.07 Å². The maximum absolute atomic E-state index is 3.54. The van der Waals surface area contributed by atoms with Gasteiger partial charge in [0.25, 0.3) is 0 Å². The zero-order valence-electron chi connectivity index (χ0n) is 12.6. The minimum Gasteiger partial charge on any atom is -0.116 e. The van der Waals surface area contributed by atoms with E-state index in [-0.39, 0.29) is 0 Å². The molecular formula is C19H22Si. The van der Waals surface area contributed by atoms with Gasteiger partial charge >= 0.3 is 0 Å². The second-order valence-electron chi connectivity index (χ2n) is 6.22. The van der Waals surface area contributed by atoms with Gasteiger partial charge in [-0.2, -0.15) is 0 Å². The summed E-state index contributed by atoms with van der Waals surface area (Å²) >= 11 is 0. The summed E-state index contributed by atoms with van der Waals surface area (Å²) in [5.74, 6) is 0. The molecule has 0 unspecified atom stereocenters. The first kappa shape index (κ1) is 14.6. The van der Waals surface area contributed by atoms with Crippen molar-refractivity contribution in [1.82, 2.24) is 0 Å². The fourth-order valence-corrected chi connectivity index (χ4v) is 2.72. The van der Waals surface area contributed by atoms with Gasteiger partial charge in [-0.3, -0.25) is 0 Å². The maximum atomic E-state index is 3.54. The Labute approximate surface area is 123 Å². The second-order valence-corrected chi connectivity index (χ2v) is 11.7. The molecule has 1 heteroatoms. The van der Waals surface area contributed by atoms with Crippen LogP contribution < -0.4 is 0 Å². The standard InChI is InChI=1S/C19H22Si/c1-20(2,3)16-10-15-19(17-11-6-4-7-12-17)18-13-8-5-9-14-18/h4-14H,16H2,1-3H3. The average Bonchev–Trinajstić information content (AvgIpc) is 2.44. The van der Waals surface area contributed by atoms with Crippen LogP contribution in [-0.2, 0) is 0 Å². The Hall–Kier alpha value is -1.82. The van der Waals surface area contributed by atoms with Crippen LogP contribution in [0.25, 0.3) is 5.57 Å². The zero-order valence-corrected chi connectivity index (χ0v) is 13.6. The molecule has 0 nitrogen and oxygen atoms in total. The number of hydrogen-bond donors (Lipinski definition) is 0. The lowest BCUT2D eigenvalue weighted by Gasteiger charge is -2.11. The van der Waals surface area contributed by atoms with Crippen molar-refractivity contribution >= 4 is 13.6 Å². The molecule has 0 aromatic heterocycles. The monoisotopic (exact) mass is 278 g/mol. The Morgan fingerprint density at radius 2 is 1.30 bits per heavy atom. The van der Waals surface area contributed by atoms with Crippen LogP contribution in [0.2, 0.25) is 25.7 Å². The van der Waals surface area contributed by atoms with Crippen molar-refractivity contribution < 1.29 is 0 Å². The lowest BCUT2D eigenvalue weighted by molar-refractivity contribution is 1.50. The third-order valence-corrected chi connectivity index (χ3v) is 4.51. The quantitative estimate of drug-likeness (QED) is 0.503. The van der Waals surface area contributed by atoms with Gasteiger partial charge in [0, 0.05) is 13.6 Å². The number of benzene rings is 2. The summed E-state index contributed by atoms with van der Waals surface area (Å²) in [6.07, 6.45) is 2.22. The SMILES string of the molecule is C[Si](C)(C)CC=C=C(c1ccccc1)c1ccccc1. The van der Waals surface area contributed by atoms with Crippen molar-refractivity contribution in [2.45, 2.75) is 25.7 Å². The second kappa shape index (κ2) is 6.56. The van der Waals surface area contributed by atoms with Crippen LogP contribution in [0.1, 0.15) is 11.1 Å². The van der Waals surface area contributed by atoms with E-state index in [4.69, 9.17) is 0 Å². The molecule has 0 N–H and O–H groups in total. The van der Waals surface area contributed by atoms with Crippen molar-refractivity contribution in [3.8, 4) is 0 Å². The molecule has 0 aliphatic heterocycles. The largest absolute Gasteiger partial charge is 0.116 e. The smallest absolute Gasteiger partial charge is 0.0487 e. The summed E-state index contributed by atoms with van der Waals surface area (Å²) in [6, 6.07) is 22.2. The van der Waals surface area contributed by atoms with E-state index in [2.05, 4.69) is 92.1 Å². The van der Waals surface area contributed by atoms with Crippen molar-refractivity contribution in [3.63, 3.8) is 0 Å². The van der Waals surface area contributed by atoms with Gasteiger partial charge in [0.1, 0.15) is 0 Å². The summed E-state index contributed by atoms with van der Waals surface area (Å²) in [5, 5.41) is 0. The van der Waals surface area contributed by atoms with Crippen molar-refractivity contribution in [1.29, 1.82) is 0 Å². The first-order valence-corrected chi connectivity index (χ1v) is 10.8. The Morgan fingerprint density at radius 3 is 1.70 bits per heavy atom. The van der Waals surface area contributed by atoms with E-state index in [9.17, 15) is 0 Å². The molecule has 2 aromatic rings. The van der Waals surface area contributed by atoms with E-state index >= 15 is 0 Å². The molecule has 2 rings (SSSR count). The van der Waals surface area contributed by atoms with Crippen LogP contribution in [0.3, 0.4) is 0 Å². The molecule has 0 aliphatic carbocycles. The number of allylic oxidation sites excluding steroid dienone is 1. The van der Waals surface area contributed by atoms with Gasteiger partial charge in [-0.1, -0.05) is 80.3 Å². The Morgan fingerprint density at radius 1 is 0.850 bits per heavy atom. The van der Waals surface area contributed by atoms with Crippen LogP contribution in [0, 0.1) is 0 Å².